The number of carbonyl (C=O) groups excluding carboxylic acids is 1. The van der Waals surface area contributed by atoms with Crippen molar-refractivity contribution in [3.05, 3.63) is 68.6 Å². The molecule has 12 heteroatoms. The van der Waals surface area contributed by atoms with Crippen molar-refractivity contribution in [3.63, 3.8) is 0 Å². The normalized spacial score (nSPS) is 15.3. The highest BCUT2D eigenvalue weighted by atomic mass is 16.5. The van der Waals surface area contributed by atoms with Gasteiger partial charge in [0.2, 0.25) is 5.95 Å². The Morgan fingerprint density at radius 2 is 2.00 bits per heavy atom. The molecule has 3 aromatic heterocycles. The molecule has 4 heterocycles. The summed E-state index contributed by atoms with van der Waals surface area (Å²) in [4.78, 5) is 50.8. The number of carbonyl (C=O) groups is 1. The van der Waals surface area contributed by atoms with Gasteiger partial charge in [-0.15, -0.1) is 0 Å². The predicted octanol–water partition coefficient (Wildman–Crippen LogP) is 1.97. The molecule has 1 aromatic carbocycles. The van der Waals surface area contributed by atoms with E-state index in [0.717, 1.165) is 41.4 Å². The van der Waals surface area contributed by atoms with E-state index in [-0.39, 0.29) is 19.1 Å². The molecule has 1 fully saturated rings. The van der Waals surface area contributed by atoms with Crippen molar-refractivity contribution in [2.75, 3.05) is 37.0 Å². The molecule has 5 rings (SSSR count). The molecule has 4 aromatic rings. The minimum atomic E-state index is -0.477. The zero-order chi connectivity index (χ0) is 29.3. The molecule has 0 radical (unpaired) electrons. The lowest BCUT2D eigenvalue weighted by atomic mass is 10.1. The van der Waals surface area contributed by atoms with Gasteiger partial charge in [-0.05, 0) is 38.8 Å². The summed E-state index contributed by atoms with van der Waals surface area (Å²) in [5.74, 6) is 0.248. The van der Waals surface area contributed by atoms with Crippen LogP contribution in [0.1, 0.15) is 32.4 Å². The first kappa shape index (κ1) is 28.1. The van der Waals surface area contributed by atoms with Gasteiger partial charge in [0.1, 0.15) is 6.54 Å². The minimum Gasteiger partial charge on any atom is -0.468 e. The van der Waals surface area contributed by atoms with Crippen LogP contribution in [-0.2, 0) is 29.7 Å². The molecule has 1 aliphatic rings. The quantitative estimate of drug-likeness (QED) is 0.244. The van der Waals surface area contributed by atoms with Gasteiger partial charge < -0.3 is 25.3 Å². The predicted molar refractivity (Wildman–Crippen MR) is 159 cm³/mol. The molecule has 1 unspecified atom stereocenters. The Kier molecular flexibility index (Phi) is 7.93. The lowest BCUT2D eigenvalue weighted by molar-refractivity contribution is -0.138. The van der Waals surface area contributed by atoms with E-state index in [9.17, 15) is 14.4 Å². The highest BCUT2D eigenvalue weighted by molar-refractivity contribution is 5.96. The molecule has 3 N–H and O–H groups in total. The first-order valence-electron chi connectivity index (χ1n) is 13.7. The van der Waals surface area contributed by atoms with Crippen molar-refractivity contribution in [2.24, 2.45) is 12.8 Å². The number of rotatable bonds is 8. The maximum Gasteiger partial charge on any atom is 0.332 e. The van der Waals surface area contributed by atoms with E-state index in [1.165, 1.54) is 16.2 Å². The van der Waals surface area contributed by atoms with Crippen LogP contribution in [-0.4, -0.2) is 62.4 Å². The molecule has 1 saturated heterocycles. The summed E-state index contributed by atoms with van der Waals surface area (Å²) in [6.07, 6.45) is 5.54. The Balaban J connectivity index is 1.64. The van der Waals surface area contributed by atoms with Gasteiger partial charge in [-0.25, -0.2) is 4.79 Å². The molecule has 216 valence electrons. The highest BCUT2D eigenvalue weighted by Gasteiger charge is 2.26. The summed E-state index contributed by atoms with van der Waals surface area (Å²) < 4.78 is 9.27. The second-order valence-corrected chi connectivity index (χ2v) is 10.6. The van der Waals surface area contributed by atoms with Crippen LogP contribution in [0.4, 0.5) is 11.6 Å². The number of allylic oxidation sites excluding steroid dienone is 2. The van der Waals surface area contributed by atoms with Gasteiger partial charge in [0.05, 0.1) is 19.3 Å². The van der Waals surface area contributed by atoms with E-state index in [4.69, 9.17) is 15.5 Å². The number of aryl methyl sites for hydroxylation is 1. The maximum atomic E-state index is 14.1. The van der Waals surface area contributed by atoms with Gasteiger partial charge in [-0.2, -0.15) is 4.98 Å². The third-order valence-electron chi connectivity index (χ3n) is 7.48. The van der Waals surface area contributed by atoms with E-state index in [1.807, 2.05) is 48.8 Å². The van der Waals surface area contributed by atoms with E-state index >= 15 is 0 Å². The number of fused-ring (bicyclic) bond motifs is 2. The van der Waals surface area contributed by atoms with Crippen molar-refractivity contribution >= 4 is 39.5 Å². The largest absolute Gasteiger partial charge is 0.468 e. The Bertz CT molecular complexity index is 1760. The third-order valence-corrected chi connectivity index (χ3v) is 7.48. The fraction of sp³-hybridized carbons (Fsp3) is 0.414. The number of nitrogens with zero attached hydrogens (tertiary/aromatic N) is 6. The van der Waals surface area contributed by atoms with Crippen molar-refractivity contribution < 1.29 is 9.53 Å². The number of nitrogens with one attached hydrogen (secondary N) is 1. The van der Waals surface area contributed by atoms with Crippen LogP contribution in [0.5, 0.6) is 0 Å². The fourth-order valence-electron chi connectivity index (χ4n) is 5.32. The molecule has 12 nitrogen and oxygen atoms in total. The van der Waals surface area contributed by atoms with E-state index in [1.54, 1.807) is 13.2 Å². The number of ether oxygens (including phenoxy) is 1. The van der Waals surface area contributed by atoms with Crippen LogP contribution in [0.25, 0.3) is 21.9 Å². The smallest absolute Gasteiger partial charge is 0.332 e. The molecule has 0 saturated carbocycles. The van der Waals surface area contributed by atoms with Crippen LogP contribution in [0.3, 0.4) is 0 Å². The molecule has 0 aliphatic carbocycles. The Hall–Kier alpha value is -4.45. The number of pyridine rings is 1. The zero-order valence-corrected chi connectivity index (χ0v) is 23.9. The number of nitrogens with two attached hydrogens (primary N) is 1. The van der Waals surface area contributed by atoms with Crippen LogP contribution in [0.15, 0.2) is 51.7 Å². The van der Waals surface area contributed by atoms with Gasteiger partial charge in [0.15, 0.2) is 11.2 Å². The van der Waals surface area contributed by atoms with Crippen molar-refractivity contribution in [2.45, 2.75) is 45.8 Å². The average molecular weight is 561 g/mol. The number of benzene rings is 1. The molecule has 0 spiro atoms. The van der Waals surface area contributed by atoms with E-state index in [0.29, 0.717) is 35.9 Å². The number of hydrogen-bond donors (Lipinski definition) is 2. The average Bonchev–Trinajstić information content (AvgIpc) is 3.35. The molecule has 1 atom stereocenters. The zero-order valence-electron chi connectivity index (χ0n) is 23.9. The number of imidazole rings is 1. The minimum absolute atomic E-state index is 0.00383. The molecular weight excluding hydrogens is 524 g/mol. The van der Waals surface area contributed by atoms with Crippen LogP contribution in [0.2, 0.25) is 0 Å². The lowest BCUT2D eigenvalue weighted by Gasteiger charge is -2.31. The van der Waals surface area contributed by atoms with Gasteiger partial charge in [-0.3, -0.25) is 23.7 Å². The van der Waals surface area contributed by atoms with Crippen LogP contribution < -0.4 is 27.2 Å². The van der Waals surface area contributed by atoms with Crippen molar-refractivity contribution in [1.82, 2.24) is 23.7 Å². The first-order valence-corrected chi connectivity index (χ1v) is 13.7. The summed E-state index contributed by atoms with van der Waals surface area (Å²) in [6, 6.07) is 7.41. The summed E-state index contributed by atoms with van der Waals surface area (Å²) in [7, 11) is 2.97. The Morgan fingerprint density at radius 3 is 2.73 bits per heavy atom. The number of anilines is 2. The van der Waals surface area contributed by atoms with Crippen LogP contribution in [0, 0.1) is 0 Å². The Labute approximate surface area is 237 Å². The van der Waals surface area contributed by atoms with E-state index < -0.39 is 17.2 Å². The van der Waals surface area contributed by atoms with E-state index in [2.05, 4.69) is 15.2 Å². The SMILES string of the molecule is COC(=O)CNc1cccc2c(Cn3c(=O)c4c(nc(N5CCCC(N)C5)n4CC=C(C)C)n(C)c3=O)nccc12. The fourth-order valence-corrected chi connectivity index (χ4v) is 5.32. The second-order valence-electron chi connectivity index (χ2n) is 10.6. The molecule has 0 amide bonds. The number of esters is 1. The summed E-state index contributed by atoms with van der Waals surface area (Å²) in [5.41, 5.74) is 8.45. The summed E-state index contributed by atoms with van der Waals surface area (Å²) >= 11 is 0. The standard InChI is InChI=1S/C29H36N8O4/c1-18(2)11-14-36-25-26(33-28(36)35-13-6-7-19(30)16-35)34(3)29(40)37(27(25)39)17-23-20-8-5-9-22(21(20)10-12-31-23)32-15-24(38)41-4/h5,8-12,19,32H,6-7,13-17,30H2,1-4H3. The lowest BCUT2D eigenvalue weighted by Crippen LogP contribution is -2.44. The number of hydrogen-bond acceptors (Lipinski definition) is 9. The topological polar surface area (TPSA) is 142 Å². The summed E-state index contributed by atoms with van der Waals surface area (Å²) in [6.45, 7) is 5.83. The van der Waals surface area contributed by atoms with Crippen molar-refractivity contribution in [1.29, 1.82) is 0 Å². The van der Waals surface area contributed by atoms with Crippen molar-refractivity contribution in [3.8, 4) is 0 Å². The second kappa shape index (κ2) is 11.6. The molecule has 0 bridgehead atoms. The maximum absolute atomic E-state index is 14.1. The van der Waals surface area contributed by atoms with Gasteiger partial charge in [0, 0.05) is 55.4 Å². The third kappa shape index (κ3) is 5.47. The van der Waals surface area contributed by atoms with Gasteiger partial charge in [0.25, 0.3) is 5.56 Å². The van der Waals surface area contributed by atoms with Gasteiger partial charge in [-0.1, -0.05) is 23.8 Å². The summed E-state index contributed by atoms with van der Waals surface area (Å²) in [5, 5.41) is 4.66. The molecular formula is C29H36N8O4. The first-order chi connectivity index (χ1) is 19.7. The number of methoxy groups -OCH3 is 1. The highest BCUT2D eigenvalue weighted by Crippen LogP contribution is 2.26. The Morgan fingerprint density at radius 1 is 1.20 bits per heavy atom. The number of aromatic nitrogens is 5. The number of piperidine rings is 1. The monoisotopic (exact) mass is 560 g/mol. The van der Waals surface area contributed by atoms with Crippen LogP contribution >= 0.6 is 0 Å². The van der Waals surface area contributed by atoms with Gasteiger partial charge >= 0.3 is 11.7 Å². The molecule has 1 aliphatic heterocycles. The molecule has 41 heavy (non-hydrogen) atoms.